The quantitative estimate of drug-likeness (QED) is 0.698. The van der Waals surface area contributed by atoms with Crippen molar-refractivity contribution in [1.82, 2.24) is 20.0 Å². The van der Waals surface area contributed by atoms with Gasteiger partial charge in [0.2, 0.25) is 0 Å². The first kappa shape index (κ1) is 17.4. The topological polar surface area (TPSA) is 55.6 Å². The fraction of sp³-hybridized carbons (Fsp3) is 0.450. The van der Waals surface area contributed by atoms with Gasteiger partial charge in [-0.15, -0.1) is 5.10 Å². The van der Waals surface area contributed by atoms with Crippen molar-refractivity contribution in [1.29, 1.82) is 0 Å². The Morgan fingerprint density at radius 3 is 2.24 bits per heavy atom. The van der Waals surface area contributed by atoms with Gasteiger partial charge in [0, 0.05) is 11.4 Å². The number of hydrogen-bond acceptors (Lipinski definition) is 4. The van der Waals surface area contributed by atoms with Gasteiger partial charge in [-0.2, -0.15) is 0 Å². The average Bonchev–Trinajstić information content (AvgIpc) is 2.96. The molecule has 2 aromatic heterocycles. The smallest absolute Gasteiger partial charge is 0.160 e. The average molecular weight is 337 g/mol. The highest BCUT2D eigenvalue weighted by Crippen LogP contribution is 2.30. The van der Waals surface area contributed by atoms with Crippen LogP contribution in [0.2, 0.25) is 0 Å². The molecule has 0 aliphatic heterocycles. The maximum absolute atomic E-state index is 4.70. The second kappa shape index (κ2) is 6.82. The van der Waals surface area contributed by atoms with Crippen molar-refractivity contribution in [2.75, 3.05) is 5.32 Å². The number of aromatic nitrogens is 4. The summed E-state index contributed by atoms with van der Waals surface area (Å²) in [5.74, 6) is 0.780. The van der Waals surface area contributed by atoms with E-state index in [2.05, 4.69) is 68.4 Å². The number of anilines is 2. The van der Waals surface area contributed by atoms with Crippen LogP contribution in [0.4, 0.5) is 11.5 Å². The Morgan fingerprint density at radius 1 is 1.00 bits per heavy atom. The van der Waals surface area contributed by atoms with Crippen LogP contribution in [0.3, 0.4) is 0 Å². The molecular weight excluding hydrogens is 310 g/mol. The maximum Gasteiger partial charge on any atom is 0.160 e. The zero-order chi connectivity index (χ0) is 18.1. The molecule has 3 rings (SSSR count). The molecule has 5 nitrogen and oxygen atoms in total. The summed E-state index contributed by atoms with van der Waals surface area (Å²) in [6.07, 6.45) is 2.07. The lowest BCUT2D eigenvalue weighted by molar-refractivity contribution is 0.430. The van der Waals surface area contributed by atoms with Crippen LogP contribution in [0, 0.1) is 27.7 Å². The predicted octanol–water partition coefficient (Wildman–Crippen LogP) is 5.16. The molecule has 0 saturated carbocycles. The van der Waals surface area contributed by atoms with E-state index >= 15 is 0 Å². The first-order valence-electron chi connectivity index (χ1n) is 9.02. The Morgan fingerprint density at radius 2 is 1.64 bits per heavy atom. The fourth-order valence-corrected chi connectivity index (χ4v) is 3.55. The largest absolute Gasteiger partial charge is 0.338 e. The van der Waals surface area contributed by atoms with Crippen LogP contribution in [0.25, 0.3) is 11.0 Å². The second-order valence-corrected chi connectivity index (χ2v) is 6.88. The van der Waals surface area contributed by atoms with Crippen LogP contribution in [0.5, 0.6) is 0 Å². The minimum atomic E-state index is 0.363. The van der Waals surface area contributed by atoms with Crippen molar-refractivity contribution in [2.24, 2.45) is 0 Å². The number of aryl methyl sites for hydroxylation is 4. The van der Waals surface area contributed by atoms with Gasteiger partial charge < -0.3 is 5.32 Å². The normalized spacial score (nSPS) is 11.5. The molecule has 5 heteroatoms. The van der Waals surface area contributed by atoms with E-state index in [-0.39, 0.29) is 0 Å². The van der Waals surface area contributed by atoms with E-state index in [1.54, 1.807) is 0 Å². The number of hydrogen-bond donors (Lipinski definition) is 1. The first-order valence-corrected chi connectivity index (χ1v) is 9.02. The van der Waals surface area contributed by atoms with Crippen molar-refractivity contribution in [3.05, 3.63) is 40.6 Å². The maximum atomic E-state index is 4.70. The van der Waals surface area contributed by atoms with Crippen molar-refractivity contribution in [2.45, 2.75) is 60.4 Å². The second-order valence-electron chi connectivity index (χ2n) is 6.88. The van der Waals surface area contributed by atoms with Gasteiger partial charge >= 0.3 is 0 Å². The van der Waals surface area contributed by atoms with Gasteiger partial charge in [-0.25, -0.2) is 9.67 Å². The highest BCUT2D eigenvalue weighted by atomic mass is 15.4. The summed E-state index contributed by atoms with van der Waals surface area (Å²) >= 11 is 0. The van der Waals surface area contributed by atoms with Crippen molar-refractivity contribution < 1.29 is 0 Å². The third-order valence-corrected chi connectivity index (χ3v) is 4.80. The van der Waals surface area contributed by atoms with Gasteiger partial charge in [-0.1, -0.05) is 36.8 Å². The van der Waals surface area contributed by atoms with Crippen LogP contribution < -0.4 is 5.32 Å². The fourth-order valence-electron chi connectivity index (χ4n) is 3.55. The molecule has 0 amide bonds. The Labute approximate surface area is 149 Å². The van der Waals surface area contributed by atoms with Gasteiger partial charge in [0.25, 0.3) is 0 Å². The van der Waals surface area contributed by atoms with Crippen LogP contribution in [-0.4, -0.2) is 20.0 Å². The van der Waals surface area contributed by atoms with Gasteiger partial charge in [0.1, 0.15) is 0 Å². The van der Waals surface area contributed by atoms with E-state index in [4.69, 9.17) is 4.98 Å². The third kappa shape index (κ3) is 3.23. The SMILES string of the molecule is CCC(CC)n1nnc2c(Nc3c(C)cc(C)cc3C)nc(C)cc21. The van der Waals surface area contributed by atoms with E-state index in [9.17, 15) is 0 Å². The van der Waals surface area contributed by atoms with Gasteiger partial charge in [0.15, 0.2) is 11.3 Å². The number of benzene rings is 1. The summed E-state index contributed by atoms with van der Waals surface area (Å²) in [5.41, 5.74) is 7.63. The Bertz CT molecular complexity index is 883. The molecule has 132 valence electrons. The van der Waals surface area contributed by atoms with Crippen LogP contribution in [0.15, 0.2) is 18.2 Å². The lowest BCUT2D eigenvalue weighted by Crippen LogP contribution is -2.09. The minimum Gasteiger partial charge on any atom is -0.338 e. The highest BCUT2D eigenvalue weighted by Gasteiger charge is 2.17. The lowest BCUT2D eigenvalue weighted by Gasteiger charge is -2.15. The molecule has 0 fully saturated rings. The van der Waals surface area contributed by atoms with Crippen molar-refractivity contribution in [3.8, 4) is 0 Å². The van der Waals surface area contributed by atoms with E-state index in [1.807, 2.05) is 11.6 Å². The molecule has 1 N–H and O–H groups in total. The molecule has 3 aromatic rings. The summed E-state index contributed by atoms with van der Waals surface area (Å²) in [6, 6.07) is 6.81. The van der Waals surface area contributed by atoms with Gasteiger partial charge in [-0.3, -0.25) is 0 Å². The zero-order valence-corrected chi connectivity index (χ0v) is 16.0. The lowest BCUT2D eigenvalue weighted by atomic mass is 10.1. The number of nitrogens with one attached hydrogen (secondary N) is 1. The number of pyridine rings is 1. The Hall–Kier alpha value is -2.43. The number of nitrogens with zero attached hydrogens (tertiary/aromatic N) is 4. The van der Waals surface area contributed by atoms with Crippen molar-refractivity contribution in [3.63, 3.8) is 0 Å². The summed E-state index contributed by atoms with van der Waals surface area (Å²) in [4.78, 5) is 4.70. The molecule has 0 aliphatic carbocycles. The van der Waals surface area contributed by atoms with E-state index in [0.717, 1.165) is 41.1 Å². The van der Waals surface area contributed by atoms with Crippen LogP contribution in [0.1, 0.15) is 55.1 Å². The Balaban J connectivity index is 2.12. The van der Waals surface area contributed by atoms with E-state index < -0.39 is 0 Å². The highest BCUT2D eigenvalue weighted by molar-refractivity contribution is 5.88. The number of fused-ring (bicyclic) bond motifs is 1. The first-order chi connectivity index (χ1) is 11.9. The molecule has 0 saturated heterocycles. The monoisotopic (exact) mass is 337 g/mol. The zero-order valence-electron chi connectivity index (χ0n) is 16.0. The van der Waals surface area contributed by atoms with Crippen molar-refractivity contribution >= 4 is 22.5 Å². The Kier molecular flexibility index (Phi) is 4.75. The van der Waals surface area contributed by atoms with E-state index in [1.165, 1.54) is 16.7 Å². The summed E-state index contributed by atoms with van der Waals surface area (Å²) in [5, 5.41) is 12.4. The summed E-state index contributed by atoms with van der Waals surface area (Å²) in [6.45, 7) is 12.8. The molecule has 2 heterocycles. The van der Waals surface area contributed by atoms with Crippen LogP contribution >= 0.6 is 0 Å². The van der Waals surface area contributed by atoms with Gasteiger partial charge in [-0.05, 0) is 57.7 Å². The molecule has 25 heavy (non-hydrogen) atoms. The molecule has 0 atom stereocenters. The molecular formula is C20H27N5. The molecule has 1 aromatic carbocycles. The molecule has 0 spiro atoms. The van der Waals surface area contributed by atoms with Gasteiger partial charge in [0.05, 0.1) is 11.6 Å². The predicted molar refractivity (Wildman–Crippen MR) is 104 cm³/mol. The molecule has 0 unspecified atom stereocenters. The van der Waals surface area contributed by atoms with E-state index in [0.29, 0.717) is 6.04 Å². The number of rotatable bonds is 5. The summed E-state index contributed by atoms with van der Waals surface area (Å²) in [7, 11) is 0. The molecule has 0 aliphatic rings. The third-order valence-electron chi connectivity index (χ3n) is 4.80. The minimum absolute atomic E-state index is 0.363. The molecule has 0 radical (unpaired) electrons. The standard InChI is InChI=1S/C20H27N5/c1-7-16(8-2)25-17-11-15(6)21-20(19(17)23-24-25)22-18-13(4)9-12(3)10-14(18)5/h9-11,16H,7-8H2,1-6H3,(H,21,22). The van der Waals surface area contributed by atoms with Crippen LogP contribution in [-0.2, 0) is 0 Å². The molecule has 0 bridgehead atoms. The summed E-state index contributed by atoms with van der Waals surface area (Å²) < 4.78 is 2.05.